The van der Waals surface area contributed by atoms with Crippen molar-refractivity contribution < 1.29 is 0 Å². The number of hydrogen-bond acceptors (Lipinski definition) is 5. The van der Waals surface area contributed by atoms with Crippen LogP contribution in [0.3, 0.4) is 0 Å². The van der Waals surface area contributed by atoms with Gasteiger partial charge >= 0.3 is 0 Å². The number of nitrogen functional groups attached to an aromatic ring is 1. The van der Waals surface area contributed by atoms with Crippen LogP contribution >= 0.6 is 0 Å². The largest absolute Gasteiger partial charge is 0.393 e. The smallest absolute Gasteiger partial charge is 0.161 e. The van der Waals surface area contributed by atoms with Crippen LogP contribution < -0.4 is 15.5 Å². The van der Waals surface area contributed by atoms with Gasteiger partial charge in [-0.2, -0.15) is 0 Å². The van der Waals surface area contributed by atoms with Crippen molar-refractivity contribution in [3.8, 4) is 0 Å². The molecule has 0 saturated carbocycles. The fourth-order valence-corrected chi connectivity index (χ4v) is 3.85. The number of nitrogens with two attached hydrogens (primary N) is 1. The van der Waals surface area contributed by atoms with Gasteiger partial charge in [0, 0.05) is 25.0 Å². The highest BCUT2D eigenvalue weighted by molar-refractivity contribution is 5.97. The van der Waals surface area contributed by atoms with E-state index in [-0.39, 0.29) is 0 Å². The zero-order valence-corrected chi connectivity index (χ0v) is 18.3. The number of aromatic nitrogens is 2. The normalized spacial score (nSPS) is 11.4. The van der Waals surface area contributed by atoms with Gasteiger partial charge in [-0.3, -0.25) is 0 Å². The molecular weight excluding hydrogens is 358 g/mol. The summed E-state index contributed by atoms with van der Waals surface area (Å²) < 4.78 is 0. The Labute approximate surface area is 174 Å². The molecule has 3 aromatic rings. The molecule has 29 heavy (non-hydrogen) atoms. The fourth-order valence-electron chi connectivity index (χ4n) is 3.85. The molecular formula is C24H33N5. The minimum absolute atomic E-state index is 0.520. The van der Waals surface area contributed by atoms with Gasteiger partial charge in [-0.05, 0) is 30.2 Å². The molecule has 2 N–H and O–H groups in total. The van der Waals surface area contributed by atoms with Gasteiger partial charge in [0.1, 0.15) is 12.0 Å². The Morgan fingerprint density at radius 3 is 2.14 bits per heavy atom. The minimum Gasteiger partial charge on any atom is -0.393 e. The maximum Gasteiger partial charge on any atom is 0.161 e. The summed E-state index contributed by atoms with van der Waals surface area (Å²) >= 11 is 0. The summed E-state index contributed by atoms with van der Waals surface area (Å²) in [4.78, 5) is 13.7. The highest BCUT2D eigenvalue weighted by Gasteiger charge is 2.21. The first-order chi connectivity index (χ1) is 13.9. The van der Waals surface area contributed by atoms with Crippen molar-refractivity contribution >= 4 is 33.8 Å². The van der Waals surface area contributed by atoms with Crippen molar-refractivity contribution in [2.75, 3.05) is 35.2 Å². The summed E-state index contributed by atoms with van der Waals surface area (Å²) in [5, 5.41) is 2.40. The second-order valence-corrected chi connectivity index (χ2v) is 8.37. The average Bonchev–Trinajstić information content (AvgIpc) is 2.69. The second-order valence-electron chi connectivity index (χ2n) is 8.37. The quantitative estimate of drug-likeness (QED) is 0.550. The molecule has 0 fully saturated rings. The topological polar surface area (TPSA) is 58.3 Å². The Morgan fingerprint density at radius 2 is 1.48 bits per heavy atom. The summed E-state index contributed by atoms with van der Waals surface area (Å²) in [6.07, 6.45) is 1.64. The highest BCUT2D eigenvalue weighted by Crippen LogP contribution is 2.37. The van der Waals surface area contributed by atoms with E-state index in [0.29, 0.717) is 17.5 Å². The molecule has 1 heterocycles. The first kappa shape index (κ1) is 20.9. The zero-order chi connectivity index (χ0) is 21.0. The average molecular weight is 392 g/mol. The van der Waals surface area contributed by atoms with Crippen molar-refractivity contribution in [1.29, 1.82) is 0 Å². The van der Waals surface area contributed by atoms with E-state index < -0.39 is 0 Å². The highest BCUT2D eigenvalue weighted by atomic mass is 15.3. The SMILES string of the molecule is CCN(c1ncnc(N(CC(C)C)CC(C)C)c1N)c1cccc2ccccc12. The molecule has 0 aliphatic heterocycles. The van der Waals surface area contributed by atoms with Crippen LogP contribution in [0.1, 0.15) is 34.6 Å². The van der Waals surface area contributed by atoms with Crippen molar-refractivity contribution in [3.63, 3.8) is 0 Å². The van der Waals surface area contributed by atoms with Crippen molar-refractivity contribution in [1.82, 2.24) is 9.97 Å². The van der Waals surface area contributed by atoms with Crippen molar-refractivity contribution in [2.24, 2.45) is 11.8 Å². The fraction of sp³-hybridized carbons (Fsp3) is 0.417. The summed E-state index contributed by atoms with van der Waals surface area (Å²) in [6.45, 7) is 13.6. The summed E-state index contributed by atoms with van der Waals surface area (Å²) in [6, 6.07) is 14.8. The predicted octanol–water partition coefficient (Wildman–Crippen LogP) is 5.49. The Balaban J connectivity index is 2.08. The predicted molar refractivity (Wildman–Crippen MR) is 125 cm³/mol. The van der Waals surface area contributed by atoms with Crippen LogP contribution in [0.15, 0.2) is 48.8 Å². The molecule has 0 bridgehead atoms. The molecule has 5 heteroatoms. The van der Waals surface area contributed by atoms with E-state index in [9.17, 15) is 0 Å². The number of hydrogen-bond donors (Lipinski definition) is 1. The third-order valence-electron chi connectivity index (χ3n) is 4.94. The molecule has 0 unspecified atom stereocenters. The second kappa shape index (κ2) is 9.12. The van der Waals surface area contributed by atoms with Crippen LogP contribution in [0, 0.1) is 11.8 Å². The van der Waals surface area contributed by atoms with Gasteiger partial charge in [0.15, 0.2) is 11.6 Å². The molecule has 0 spiro atoms. The lowest BCUT2D eigenvalue weighted by molar-refractivity contribution is 0.549. The van der Waals surface area contributed by atoms with E-state index in [4.69, 9.17) is 5.73 Å². The van der Waals surface area contributed by atoms with E-state index in [1.807, 2.05) is 0 Å². The Morgan fingerprint density at radius 1 is 0.862 bits per heavy atom. The van der Waals surface area contributed by atoms with Crippen molar-refractivity contribution in [2.45, 2.75) is 34.6 Å². The summed E-state index contributed by atoms with van der Waals surface area (Å²) in [7, 11) is 0. The Hall–Kier alpha value is -2.82. The molecule has 0 aliphatic rings. The Kier molecular flexibility index (Phi) is 6.57. The van der Waals surface area contributed by atoms with E-state index in [1.54, 1.807) is 6.33 Å². The standard InChI is InChI=1S/C24H33N5/c1-6-29(21-13-9-11-19-10-7-8-12-20(19)21)24-22(25)23(26-16-27-24)28(14-17(2)3)15-18(4)5/h7-13,16-18H,6,14-15,25H2,1-5H3. The minimum atomic E-state index is 0.520. The monoisotopic (exact) mass is 391 g/mol. The summed E-state index contributed by atoms with van der Waals surface area (Å²) in [5.41, 5.74) is 8.44. The van der Waals surface area contributed by atoms with Crippen molar-refractivity contribution in [3.05, 3.63) is 48.8 Å². The molecule has 0 radical (unpaired) electrons. The lowest BCUT2D eigenvalue weighted by atomic mass is 10.1. The van der Waals surface area contributed by atoms with E-state index in [1.165, 1.54) is 10.8 Å². The van der Waals surface area contributed by atoms with Gasteiger partial charge in [0.2, 0.25) is 0 Å². The maximum atomic E-state index is 6.69. The van der Waals surface area contributed by atoms with Gasteiger partial charge in [0.05, 0.1) is 5.69 Å². The number of fused-ring (bicyclic) bond motifs is 1. The summed E-state index contributed by atoms with van der Waals surface area (Å²) in [5.74, 6) is 2.64. The molecule has 0 aliphatic carbocycles. The van der Waals surface area contributed by atoms with Crippen LogP contribution in [0.25, 0.3) is 10.8 Å². The Bertz CT molecular complexity index is 936. The van der Waals surface area contributed by atoms with Gasteiger partial charge in [-0.25, -0.2) is 9.97 Å². The first-order valence-electron chi connectivity index (χ1n) is 10.5. The van der Waals surface area contributed by atoms with E-state index >= 15 is 0 Å². The molecule has 1 aromatic heterocycles. The first-order valence-corrected chi connectivity index (χ1v) is 10.5. The molecule has 0 atom stereocenters. The third kappa shape index (κ3) is 4.61. The van der Waals surface area contributed by atoms with Crippen LogP contribution in [-0.4, -0.2) is 29.6 Å². The van der Waals surface area contributed by atoms with Crippen LogP contribution in [0.5, 0.6) is 0 Å². The van der Waals surface area contributed by atoms with Gasteiger partial charge in [-0.1, -0.05) is 64.1 Å². The van der Waals surface area contributed by atoms with Crippen LogP contribution in [0.2, 0.25) is 0 Å². The lowest BCUT2D eigenvalue weighted by Crippen LogP contribution is -2.33. The number of anilines is 4. The van der Waals surface area contributed by atoms with E-state index in [0.717, 1.165) is 37.0 Å². The molecule has 5 nitrogen and oxygen atoms in total. The molecule has 154 valence electrons. The van der Waals surface area contributed by atoms with Crippen LogP contribution in [-0.2, 0) is 0 Å². The van der Waals surface area contributed by atoms with Gasteiger partial charge in [-0.15, -0.1) is 0 Å². The van der Waals surface area contributed by atoms with Gasteiger partial charge < -0.3 is 15.5 Å². The molecule has 2 aromatic carbocycles. The number of rotatable bonds is 8. The molecule has 0 saturated heterocycles. The number of benzene rings is 2. The third-order valence-corrected chi connectivity index (χ3v) is 4.94. The van der Waals surface area contributed by atoms with Gasteiger partial charge in [0.25, 0.3) is 0 Å². The molecule has 3 rings (SSSR count). The molecule has 0 amide bonds. The lowest BCUT2D eigenvalue weighted by Gasteiger charge is -2.31. The number of nitrogens with zero attached hydrogens (tertiary/aromatic N) is 4. The van der Waals surface area contributed by atoms with Crippen LogP contribution in [0.4, 0.5) is 23.0 Å². The van der Waals surface area contributed by atoms with E-state index in [2.05, 4.69) is 96.9 Å². The maximum absolute atomic E-state index is 6.69. The zero-order valence-electron chi connectivity index (χ0n) is 18.3.